The van der Waals surface area contributed by atoms with Crippen LogP contribution in [0.1, 0.15) is 35.8 Å². The Balaban J connectivity index is 1.40. The predicted octanol–water partition coefficient (Wildman–Crippen LogP) is 3.15. The lowest BCUT2D eigenvalue weighted by molar-refractivity contribution is 0.102. The van der Waals surface area contributed by atoms with E-state index in [2.05, 4.69) is 30.5 Å². The first-order chi connectivity index (χ1) is 15.6. The van der Waals surface area contributed by atoms with Gasteiger partial charge in [-0.2, -0.15) is 0 Å². The molecule has 1 aliphatic rings. The number of benzene rings is 1. The van der Waals surface area contributed by atoms with Crippen LogP contribution in [0, 0.1) is 0 Å². The van der Waals surface area contributed by atoms with Gasteiger partial charge in [0, 0.05) is 42.3 Å². The van der Waals surface area contributed by atoms with E-state index in [-0.39, 0.29) is 17.2 Å². The molecular formula is C24H28N6O2. The van der Waals surface area contributed by atoms with Crippen molar-refractivity contribution in [3.05, 3.63) is 70.5 Å². The molecule has 8 heteroatoms. The third kappa shape index (κ3) is 5.39. The molecule has 4 rings (SSSR count). The van der Waals surface area contributed by atoms with Gasteiger partial charge in [0.25, 0.3) is 11.5 Å². The van der Waals surface area contributed by atoms with Crippen molar-refractivity contribution in [1.82, 2.24) is 19.9 Å². The summed E-state index contributed by atoms with van der Waals surface area (Å²) >= 11 is 0. The standard InChI is InChI=1S/C24H28N6O2/c1-2-19-15-25-16-22(28-19)18-13-21(24(32)27-14-18)29-23(31)17-5-7-20(8-6-17)26-9-12-30-10-3-4-11-30/h5-8,13-16,26H,2-4,9-12H2,1H3,(H,27,32)(H,29,31). The van der Waals surface area contributed by atoms with Crippen LogP contribution in [0.3, 0.4) is 0 Å². The SMILES string of the molecule is CCc1cncc(-c2c[nH]c(=O)c(NC(=O)c3ccc(NCCN4CCCC4)cc3)c2)n1. The number of nitrogens with one attached hydrogen (secondary N) is 3. The Morgan fingerprint density at radius 2 is 1.94 bits per heavy atom. The van der Waals surface area contributed by atoms with Crippen molar-refractivity contribution in [3.8, 4) is 11.3 Å². The highest BCUT2D eigenvalue weighted by Crippen LogP contribution is 2.18. The topological polar surface area (TPSA) is 103 Å². The van der Waals surface area contributed by atoms with Gasteiger partial charge in [-0.05, 0) is 62.7 Å². The Kier molecular flexibility index (Phi) is 6.91. The van der Waals surface area contributed by atoms with Crippen LogP contribution < -0.4 is 16.2 Å². The van der Waals surface area contributed by atoms with E-state index < -0.39 is 0 Å². The van der Waals surface area contributed by atoms with Gasteiger partial charge >= 0.3 is 0 Å². The van der Waals surface area contributed by atoms with Gasteiger partial charge in [0.05, 0.1) is 17.6 Å². The number of likely N-dealkylation sites (tertiary alicyclic amines) is 1. The fourth-order valence-corrected chi connectivity index (χ4v) is 3.74. The fourth-order valence-electron chi connectivity index (χ4n) is 3.74. The van der Waals surface area contributed by atoms with Crippen LogP contribution >= 0.6 is 0 Å². The molecule has 32 heavy (non-hydrogen) atoms. The normalized spacial score (nSPS) is 13.8. The van der Waals surface area contributed by atoms with E-state index in [9.17, 15) is 9.59 Å². The number of amides is 1. The summed E-state index contributed by atoms with van der Waals surface area (Å²) in [4.78, 5) is 38.8. The van der Waals surface area contributed by atoms with Crippen LogP contribution in [0.25, 0.3) is 11.3 Å². The molecule has 0 saturated carbocycles. The van der Waals surface area contributed by atoms with Crippen molar-refractivity contribution in [2.45, 2.75) is 26.2 Å². The molecule has 3 aromatic rings. The highest BCUT2D eigenvalue weighted by molar-refractivity contribution is 6.04. The number of aromatic nitrogens is 3. The molecule has 1 amide bonds. The molecule has 3 N–H and O–H groups in total. The second-order valence-corrected chi connectivity index (χ2v) is 7.89. The van der Waals surface area contributed by atoms with Gasteiger partial charge in [0.2, 0.25) is 0 Å². The minimum absolute atomic E-state index is 0.170. The highest BCUT2D eigenvalue weighted by Gasteiger charge is 2.12. The summed E-state index contributed by atoms with van der Waals surface area (Å²) in [5.41, 5.74) is 3.42. The Bertz CT molecular complexity index is 1120. The molecule has 1 aromatic carbocycles. The van der Waals surface area contributed by atoms with Crippen molar-refractivity contribution < 1.29 is 4.79 Å². The number of hydrogen-bond acceptors (Lipinski definition) is 6. The molecule has 3 heterocycles. The molecule has 1 aliphatic heterocycles. The van der Waals surface area contributed by atoms with E-state index in [1.165, 1.54) is 25.9 Å². The zero-order valence-corrected chi connectivity index (χ0v) is 18.2. The smallest absolute Gasteiger partial charge is 0.271 e. The lowest BCUT2D eigenvalue weighted by Gasteiger charge is -2.15. The van der Waals surface area contributed by atoms with E-state index in [0.29, 0.717) is 16.8 Å². The number of anilines is 2. The summed E-state index contributed by atoms with van der Waals surface area (Å²) in [5, 5.41) is 6.10. The van der Waals surface area contributed by atoms with E-state index in [1.807, 2.05) is 19.1 Å². The lowest BCUT2D eigenvalue weighted by Crippen LogP contribution is -2.25. The molecular weight excluding hydrogens is 404 g/mol. The van der Waals surface area contributed by atoms with E-state index in [4.69, 9.17) is 0 Å². The average molecular weight is 433 g/mol. The molecule has 166 valence electrons. The number of rotatable bonds is 8. The summed E-state index contributed by atoms with van der Waals surface area (Å²) in [6.45, 7) is 6.25. The van der Waals surface area contributed by atoms with Gasteiger partial charge in [0.15, 0.2) is 0 Å². The van der Waals surface area contributed by atoms with E-state index in [0.717, 1.165) is 30.9 Å². The summed E-state index contributed by atoms with van der Waals surface area (Å²) in [6, 6.07) is 8.88. The molecule has 8 nitrogen and oxygen atoms in total. The summed E-state index contributed by atoms with van der Waals surface area (Å²) in [5.74, 6) is -0.343. The number of pyridine rings is 1. The lowest BCUT2D eigenvalue weighted by atomic mass is 10.1. The van der Waals surface area contributed by atoms with Crippen LogP contribution in [0.4, 0.5) is 11.4 Å². The highest BCUT2D eigenvalue weighted by atomic mass is 16.2. The summed E-state index contributed by atoms with van der Waals surface area (Å²) in [7, 11) is 0. The number of aromatic amines is 1. The molecule has 0 radical (unpaired) electrons. The quantitative estimate of drug-likeness (QED) is 0.505. The van der Waals surface area contributed by atoms with Crippen LogP contribution in [0.5, 0.6) is 0 Å². The van der Waals surface area contributed by atoms with Crippen LogP contribution in [-0.4, -0.2) is 51.9 Å². The van der Waals surface area contributed by atoms with Crippen molar-refractivity contribution in [1.29, 1.82) is 0 Å². The number of H-pyrrole nitrogens is 1. The maximum atomic E-state index is 12.7. The Morgan fingerprint density at radius 3 is 2.69 bits per heavy atom. The molecule has 2 aromatic heterocycles. The maximum Gasteiger partial charge on any atom is 0.271 e. The van der Waals surface area contributed by atoms with Crippen LogP contribution in [0.15, 0.2) is 53.7 Å². The first kappa shape index (κ1) is 21.7. The molecule has 1 fully saturated rings. The third-order valence-corrected chi connectivity index (χ3v) is 5.60. The first-order valence-corrected chi connectivity index (χ1v) is 11.0. The first-order valence-electron chi connectivity index (χ1n) is 11.0. The summed E-state index contributed by atoms with van der Waals surface area (Å²) < 4.78 is 0. The maximum absolute atomic E-state index is 12.7. The van der Waals surface area contributed by atoms with Crippen LogP contribution in [0.2, 0.25) is 0 Å². The molecule has 0 atom stereocenters. The number of carbonyl (C=O) groups excluding carboxylic acids is 1. The Hall–Kier alpha value is -3.52. The number of hydrogen-bond donors (Lipinski definition) is 3. The van der Waals surface area contributed by atoms with Gasteiger partial charge in [-0.15, -0.1) is 0 Å². The largest absolute Gasteiger partial charge is 0.384 e. The van der Waals surface area contributed by atoms with Crippen LogP contribution in [-0.2, 0) is 6.42 Å². The number of aryl methyl sites for hydroxylation is 1. The van der Waals surface area contributed by atoms with Gasteiger partial charge < -0.3 is 20.5 Å². The second-order valence-electron chi connectivity index (χ2n) is 7.89. The third-order valence-electron chi connectivity index (χ3n) is 5.60. The predicted molar refractivity (Wildman–Crippen MR) is 126 cm³/mol. The van der Waals surface area contributed by atoms with Crippen molar-refractivity contribution in [2.24, 2.45) is 0 Å². The summed E-state index contributed by atoms with van der Waals surface area (Å²) in [6.07, 6.45) is 8.25. The molecule has 0 aliphatic carbocycles. The van der Waals surface area contributed by atoms with Gasteiger partial charge in [-0.3, -0.25) is 14.6 Å². The minimum atomic E-state index is -0.373. The zero-order valence-electron chi connectivity index (χ0n) is 18.2. The zero-order chi connectivity index (χ0) is 22.3. The van der Waals surface area contributed by atoms with Gasteiger partial charge in [0.1, 0.15) is 5.69 Å². The minimum Gasteiger partial charge on any atom is -0.384 e. The van der Waals surface area contributed by atoms with Crippen molar-refractivity contribution in [2.75, 3.05) is 36.8 Å². The Morgan fingerprint density at radius 1 is 1.16 bits per heavy atom. The Labute approximate surface area is 187 Å². The van der Waals surface area contributed by atoms with Gasteiger partial charge in [-0.25, -0.2) is 4.98 Å². The number of carbonyl (C=O) groups is 1. The van der Waals surface area contributed by atoms with Gasteiger partial charge in [-0.1, -0.05) is 6.92 Å². The molecule has 1 saturated heterocycles. The molecule has 0 bridgehead atoms. The molecule has 0 spiro atoms. The second kappa shape index (κ2) is 10.2. The van der Waals surface area contributed by atoms with E-state index in [1.54, 1.807) is 36.8 Å². The average Bonchev–Trinajstić information content (AvgIpc) is 3.34. The monoisotopic (exact) mass is 432 g/mol. The van der Waals surface area contributed by atoms with Crippen molar-refractivity contribution >= 4 is 17.3 Å². The molecule has 0 unspecified atom stereocenters. The number of nitrogens with zero attached hydrogens (tertiary/aromatic N) is 3. The fraction of sp³-hybridized carbons (Fsp3) is 0.333. The van der Waals surface area contributed by atoms with Crippen molar-refractivity contribution in [3.63, 3.8) is 0 Å². The van der Waals surface area contributed by atoms with E-state index >= 15 is 0 Å².